The number of likely N-dealkylation sites (tertiary alicyclic amines) is 1. The standard InChI is InChI=1S/C24H27FN2O3/c25-24-7-5-23(15-24,6-8-24)22(28)27-13-18-10-20(27)19-12-26-11-17(21(19)30-18)3-1-2-16-4-9-29-14-16/h11-12,16,18,20H,2,4-10,13-15H2/t16?,18-,20-,23?,24?/m0/s1. The van der Waals surface area contributed by atoms with E-state index in [9.17, 15) is 9.18 Å². The molecule has 5 aliphatic rings. The first-order valence-electron chi connectivity index (χ1n) is 11.3. The van der Waals surface area contributed by atoms with Gasteiger partial charge in [-0.15, -0.1) is 0 Å². The summed E-state index contributed by atoms with van der Waals surface area (Å²) in [7, 11) is 0. The normalized spacial score (nSPS) is 38.2. The van der Waals surface area contributed by atoms with Crippen molar-refractivity contribution < 1.29 is 18.7 Å². The van der Waals surface area contributed by atoms with Gasteiger partial charge < -0.3 is 14.4 Å². The molecule has 6 heteroatoms. The van der Waals surface area contributed by atoms with Crippen LogP contribution in [0.1, 0.15) is 68.5 Å². The Bertz CT molecular complexity index is 938. The number of ether oxygens (including phenoxy) is 2. The Balaban J connectivity index is 1.26. The molecule has 2 saturated carbocycles. The molecule has 6 rings (SSSR count). The number of hydrogen-bond acceptors (Lipinski definition) is 4. The number of halogens is 1. The van der Waals surface area contributed by atoms with E-state index < -0.39 is 11.1 Å². The fourth-order valence-corrected chi connectivity index (χ4v) is 6.26. The molecule has 3 aliphatic heterocycles. The monoisotopic (exact) mass is 410 g/mol. The van der Waals surface area contributed by atoms with E-state index >= 15 is 0 Å². The first-order valence-corrected chi connectivity index (χ1v) is 11.3. The van der Waals surface area contributed by atoms with E-state index in [0.717, 1.165) is 49.4 Å². The summed E-state index contributed by atoms with van der Waals surface area (Å²) in [4.78, 5) is 19.9. The predicted molar refractivity (Wildman–Crippen MR) is 108 cm³/mol. The molecule has 1 amide bonds. The quantitative estimate of drug-likeness (QED) is 0.700. The van der Waals surface area contributed by atoms with Crippen LogP contribution in [0.2, 0.25) is 0 Å². The number of carbonyl (C=O) groups is 1. The lowest BCUT2D eigenvalue weighted by molar-refractivity contribution is -0.142. The Kier molecular flexibility index (Phi) is 4.15. The largest absolute Gasteiger partial charge is 0.487 e. The first-order chi connectivity index (χ1) is 14.6. The summed E-state index contributed by atoms with van der Waals surface area (Å²) in [6.45, 7) is 2.20. The molecule has 4 heterocycles. The maximum Gasteiger partial charge on any atom is 0.229 e. The minimum Gasteiger partial charge on any atom is -0.487 e. The summed E-state index contributed by atoms with van der Waals surface area (Å²) in [5.74, 6) is 7.95. The Labute approximate surface area is 176 Å². The van der Waals surface area contributed by atoms with Gasteiger partial charge in [-0.3, -0.25) is 9.78 Å². The number of carbonyl (C=O) groups excluding carboxylic acids is 1. The molecule has 1 aromatic heterocycles. The summed E-state index contributed by atoms with van der Waals surface area (Å²) < 4.78 is 26.4. The summed E-state index contributed by atoms with van der Waals surface area (Å²) in [6.07, 6.45) is 9.04. The van der Waals surface area contributed by atoms with Gasteiger partial charge in [0.1, 0.15) is 17.5 Å². The molecule has 2 aliphatic carbocycles. The molecule has 1 unspecified atom stereocenters. The zero-order chi connectivity index (χ0) is 20.3. The van der Waals surface area contributed by atoms with E-state index in [-0.39, 0.29) is 18.1 Å². The van der Waals surface area contributed by atoms with E-state index in [2.05, 4.69) is 16.8 Å². The maximum atomic E-state index is 14.7. The minimum atomic E-state index is -1.12. The molecule has 5 nitrogen and oxygen atoms in total. The van der Waals surface area contributed by atoms with Crippen LogP contribution in [0, 0.1) is 23.2 Å². The molecule has 158 valence electrons. The Morgan fingerprint density at radius 3 is 2.90 bits per heavy atom. The highest BCUT2D eigenvalue weighted by atomic mass is 19.1. The predicted octanol–water partition coefficient (Wildman–Crippen LogP) is 3.57. The highest BCUT2D eigenvalue weighted by Crippen LogP contribution is 2.60. The molecule has 2 saturated heterocycles. The molecule has 0 radical (unpaired) electrons. The Hall–Kier alpha value is -2.13. The number of aromatic nitrogens is 1. The molecule has 3 atom stereocenters. The van der Waals surface area contributed by atoms with Gasteiger partial charge >= 0.3 is 0 Å². The lowest BCUT2D eigenvalue weighted by atomic mass is 9.82. The molecular formula is C24H27FN2O3. The van der Waals surface area contributed by atoms with Crippen LogP contribution in [0.3, 0.4) is 0 Å². The summed E-state index contributed by atoms with van der Waals surface area (Å²) in [6, 6.07) is -0.0340. The second kappa shape index (κ2) is 6.68. The Morgan fingerprint density at radius 1 is 1.30 bits per heavy atom. The van der Waals surface area contributed by atoms with Gasteiger partial charge in [0.25, 0.3) is 0 Å². The van der Waals surface area contributed by atoms with Gasteiger partial charge in [0.2, 0.25) is 5.91 Å². The zero-order valence-corrected chi connectivity index (χ0v) is 17.2. The van der Waals surface area contributed by atoms with Gasteiger partial charge in [-0.25, -0.2) is 4.39 Å². The summed E-state index contributed by atoms with van der Waals surface area (Å²) in [5, 5.41) is 0. The van der Waals surface area contributed by atoms with Crippen molar-refractivity contribution in [3.05, 3.63) is 23.5 Å². The van der Waals surface area contributed by atoms with Crippen molar-refractivity contribution in [2.24, 2.45) is 11.3 Å². The van der Waals surface area contributed by atoms with Gasteiger partial charge in [-0.05, 0) is 44.4 Å². The van der Waals surface area contributed by atoms with Gasteiger partial charge in [0.05, 0.1) is 30.2 Å². The number of amides is 1. The number of hydrogen-bond donors (Lipinski definition) is 0. The smallest absolute Gasteiger partial charge is 0.229 e. The van der Waals surface area contributed by atoms with Gasteiger partial charge in [-0.2, -0.15) is 0 Å². The molecule has 0 N–H and O–H groups in total. The van der Waals surface area contributed by atoms with Crippen molar-refractivity contribution in [1.82, 2.24) is 9.88 Å². The van der Waals surface area contributed by atoms with E-state index in [4.69, 9.17) is 9.47 Å². The van der Waals surface area contributed by atoms with Crippen LogP contribution >= 0.6 is 0 Å². The number of alkyl halides is 1. The van der Waals surface area contributed by atoms with Gasteiger partial charge in [0, 0.05) is 37.4 Å². The van der Waals surface area contributed by atoms with Crippen LogP contribution in [0.4, 0.5) is 4.39 Å². The van der Waals surface area contributed by atoms with Crippen LogP contribution < -0.4 is 4.74 Å². The lowest BCUT2D eigenvalue weighted by Gasteiger charge is -2.33. The van der Waals surface area contributed by atoms with Crippen LogP contribution in [0.25, 0.3) is 0 Å². The van der Waals surface area contributed by atoms with Gasteiger partial charge in [0.15, 0.2) is 0 Å². The van der Waals surface area contributed by atoms with Crippen LogP contribution in [0.5, 0.6) is 5.75 Å². The van der Waals surface area contributed by atoms with Crippen molar-refractivity contribution in [2.45, 2.75) is 69.2 Å². The number of rotatable bonds is 2. The van der Waals surface area contributed by atoms with Crippen LogP contribution in [-0.4, -0.2) is 47.3 Å². The van der Waals surface area contributed by atoms with Crippen molar-refractivity contribution in [2.75, 3.05) is 19.8 Å². The molecule has 4 fully saturated rings. The topological polar surface area (TPSA) is 51.7 Å². The van der Waals surface area contributed by atoms with Crippen molar-refractivity contribution >= 4 is 5.91 Å². The molecule has 0 aromatic carbocycles. The highest BCUT2D eigenvalue weighted by Gasteiger charge is 2.61. The fourth-order valence-electron chi connectivity index (χ4n) is 6.26. The SMILES string of the molecule is O=C(N1C[C@@H]2C[C@H]1c1cncc(C#CCC3CCOC3)c1O2)C12CCC(F)(CC1)C2. The minimum absolute atomic E-state index is 0.0213. The summed E-state index contributed by atoms with van der Waals surface area (Å²) >= 11 is 0. The third-order valence-corrected chi connectivity index (χ3v) is 7.94. The van der Waals surface area contributed by atoms with Crippen LogP contribution in [0.15, 0.2) is 12.4 Å². The highest BCUT2D eigenvalue weighted by molar-refractivity contribution is 5.85. The van der Waals surface area contributed by atoms with E-state index in [1.54, 1.807) is 6.20 Å². The molecule has 30 heavy (non-hydrogen) atoms. The second-order valence-corrected chi connectivity index (χ2v) is 9.90. The molecule has 0 spiro atoms. The molecular weight excluding hydrogens is 383 g/mol. The summed E-state index contributed by atoms with van der Waals surface area (Å²) in [5.41, 5.74) is 0.138. The average Bonchev–Trinajstić information content (AvgIpc) is 3.51. The van der Waals surface area contributed by atoms with Gasteiger partial charge in [-0.1, -0.05) is 11.8 Å². The fraction of sp³-hybridized carbons (Fsp3) is 0.667. The van der Waals surface area contributed by atoms with E-state index in [1.807, 2.05) is 11.1 Å². The van der Waals surface area contributed by atoms with Crippen molar-refractivity contribution in [1.29, 1.82) is 0 Å². The lowest BCUT2D eigenvalue weighted by Crippen LogP contribution is -2.41. The third-order valence-electron chi connectivity index (χ3n) is 7.94. The number of fused-ring (bicyclic) bond motifs is 6. The van der Waals surface area contributed by atoms with Crippen LogP contribution in [-0.2, 0) is 9.53 Å². The molecule has 4 bridgehead atoms. The third kappa shape index (κ3) is 2.85. The zero-order valence-electron chi connectivity index (χ0n) is 17.2. The Morgan fingerprint density at radius 2 is 2.17 bits per heavy atom. The number of nitrogens with zero attached hydrogens (tertiary/aromatic N) is 2. The molecule has 1 aromatic rings. The second-order valence-electron chi connectivity index (χ2n) is 9.90. The van der Waals surface area contributed by atoms with E-state index in [1.165, 1.54) is 0 Å². The first kappa shape index (κ1) is 18.6. The number of pyridine rings is 1. The van der Waals surface area contributed by atoms with E-state index in [0.29, 0.717) is 44.6 Å². The van der Waals surface area contributed by atoms with Crippen molar-refractivity contribution in [3.63, 3.8) is 0 Å². The average molecular weight is 410 g/mol. The maximum absolute atomic E-state index is 14.7. The van der Waals surface area contributed by atoms with Crippen molar-refractivity contribution in [3.8, 4) is 17.6 Å².